The lowest BCUT2D eigenvalue weighted by molar-refractivity contribution is -0.117. The summed E-state index contributed by atoms with van der Waals surface area (Å²) in [6.45, 7) is 5.17. The first-order valence-corrected chi connectivity index (χ1v) is 11.8. The predicted octanol–water partition coefficient (Wildman–Crippen LogP) is 4.65. The number of thiophene rings is 1. The van der Waals surface area contributed by atoms with Crippen molar-refractivity contribution in [1.29, 1.82) is 0 Å². The van der Waals surface area contributed by atoms with Gasteiger partial charge in [-0.1, -0.05) is 48.3 Å². The molecule has 1 atom stereocenters. The van der Waals surface area contributed by atoms with E-state index in [0.717, 1.165) is 11.3 Å². The van der Waals surface area contributed by atoms with Gasteiger partial charge in [-0.2, -0.15) is 0 Å². The quantitative estimate of drug-likeness (QED) is 0.275. The van der Waals surface area contributed by atoms with Gasteiger partial charge in [-0.25, -0.2) is 9.78 Å². The largest absolute Gasteiger partial charge is 0.503 e. The van der Waals surface area contributed by atoms with E-state index in [9.17, 15) is 19.5 Å². The molecule has 2 aromatic heterocycles. The molecule has 4 rings (SSSR count). The zero-order valence-electron chi connectivity index (χ0n) is 18.3. The van der Waals surface area contributed by atoms with Crippen molar-refractivity contribution in [2.45, 2.75) is 13.0 Å². The second-order valence-electron chi connectivity index (χ2n) is 7.19. The van der Waals surface area contributed by atoms with Gasteiger partial charge < -0.3 is 14.6 Å². The van der Waals surface area contributed by atoms with Gasteiger partial charge in [0.25, 0.3) is 5.91 Å². The number of rotatable bonds is 8. The Bertz CT molecular complexity index is 1310. The molecule has 34 heavy (non-hydrogen) atoms. The number of methoxy groups -OCH3 is 1. The number of aliphatic hydroxyl groups is 1. The Labute approximate surface area is 203 Å². The standard InChI is InChI=1S/C24H20N2O6S2/c1-4-11-32-23(30)21-13(2)25-24(34-21)26-18(14-8-5-6-9-15(14)31-3)17(20(28)22(26)29)19(27)16-10-7-12-33-16/h4-10,12,18,28H,1,11H2,2-3H3/t18-/m1/s1. The van der Waals surface area contributed by atoms with E-state index in [1.165, 1.54) is 29.4 Å². The number of thiazole rings is 1. The predicted molar refractivity (Wildman–Crippen MR) is 129 cm³/mol. The first-order chi connectivity index (χ1) is 16.4. The van der Waals surface area contributed by atoms with Crippen molar-refractivity contribution < 1.29 is 29.0 Å². The molecule has 1 aliphatic rings. The lowest BCUT2D eigenvalue weighted by atomic mass is 9.95. The first-order valence-electron chi connectivity index (χ1n) is 10.1. The highest BCUT2D eigenvalue weighted by Crippen LogP contribution is 2.46. The van der Waals surface area contributed by atoms with Crippen molar-refractivity contribution in [3.05, 3.63) is 86.8 Å². The smallest absolute Gasteiger partial charge is 0.350 e. The number of hydrogen-bond acceptors (Lipinski definition) is 9. The molecule has 0 bridgehead atoms. The number of hydrogen-bond donors (Lipinski definition) is 1. The number of carbonyl (C=O) groups excluding carboxylic acids is 3. The Morgan fingerprint density at radius 3 is 2.71 bits per heavy atom. The maximum absolute atomic E-state index is 13.4. The SMILES string of the molecule is C=CCOC(=O)c1sc(N2C(=O)C(O)=C(C(=O)c3cccs3)[C@H]2c2ccccc2OC)nc1C. The molecule has 174 valence electrons. The van der Waals surface area contributed by atoms with Gasteiger partial charge in [0.05, 0.1) is 23.3 Å². The summed E-state index contributed by atoms with van der Waals surface area (Å²) in [6.07, 6.45) is 1.45. The van der Waals surface area contributed by atoms with Crippen LogP contribution in [0.5, 0.6) is 5.75 Å². The molecule has 0 unspecified atom stereocenters. The van der Waals surface area contributed by atoms with E-state index < -0.39 is 29.5 Å². The average molecular weight is 497 g/mol. The molecule has 0 saturated carbocycles. The minimum atomic E-state index is -1.01. The molecule has 1 amide bonds. The molecule has 3 heterocycles. The molecule has 0 fully saturated rings. The van der Waals surface area contributed by atoms with Crippen LogP contribution in [0.2, 0.25) is 0 Å². The third-order valence-electron chi connectivity index (χ3n) is 5.14. The highest BCUT2D eigenvalue weighted by molar-refractivity contribution is 7.17. The van der Waals surface area contributed by atoms with Gasteiger partial charge in [0, 0.05) is 5.56 Å². The van der Waals surface area contributed by atoms with Gasteiger partial charge in [-0.3, -0.25) is 14.5 Å². The van der Waals surface area contributed by atoms with E-state index in [-0.39, 0.29) is 22.2 Å². The first kappa shape index (κ1) is 23.4. The molecule has 1 aliphatic heterocycles. The molecular weight excluding hydrogens is 476 g/mol. The topological polar surface area (TPSA) is 106 Å². The molecule has 1 aromatic carbocycles. The maximum Gasteiger partial charge on any atom is 0.350 e. The van der Waals surface area contributed by atoms with E-state index in [1.807, 2.05) is 0 Å². The van der Waals surface area contributed by atoms with Crippen LogP contribution in [0.15, 0.2) is 65.8 Å². The van der Waals surface area contributed by atoms with E-state index in [4.69, 9.17) is 9.47 Å². The fourth-order valence-corrected chi connectivity index (χ4v) is 5.30. The number of Topliss-reactive ketones (excluding diaryl/α,β-unsaturated/α-hetero) is 1. The number of amides is 1. The monoisotopic (exact) mass is 496 g/mol. The number of nitrogens with zero attached hydrogens (tertiary/aromatic N) is 2. The van der Waals surface area contributed by atoms with Crippen LogP contribution >= 0.6 is 22.7 Å². The molecule has 3 aromatic rings. The van der Waals surface area contributed by atoms with Gasteiger partial charge in [0.15, 0.2) is 10.9 Å². The Kier molecular flexibility index (Phi) is 6.62. The van der Waals surface area contributed by atoms with Crippen LogP contribution < -0.4 is 9.64 Å². The Morgan fingerprint density at radius 1 is 1.26 bits per heavy atom. The third kappa shape index (κ3) is 4.02. The van der Waals surface area contributed by atoms with E-state index in [2.05, 4.69) is 11.6 Å². The van der Waals surface area contributed by atoms with Crippen molar-refractivity contribution in [2.24, 2.45) is 0 Å². The van der Waals surface area contributed by atoms with Gasteiger partial charge in [-0.05, 0) is 24.4 Å². The number of ether oxygens (including phenoxy) is 2. The number of para-hydroxylation sites is 1. The van der Waals surface area contributed by atoms with Crippen LogP contribution in [0.3, 0.4) is 0 Å². The summed E-state index contributed by atoms with van der Waals surface area (Å²) in [6, 6.07) is 9.24. The Morgan fingerprint density at radius 2 is 2.03 bits per heavy atom. The van der Waals surface area contributed by atoms with Crippen LogP contribution in [-0.2, 0) is 9.53 Å². The molecule has 0 spiro atoms. The lowest BCUT2D eigenvalue weighted by Gasteiger charge is -2.25. The van der Waals surface area contributed by atoms with E-state index >= 15 is 0 Å². The minimum Gasteiger partial charge on any atom is -0.503 e. The molecular formula is C24H20N2O6S2. The Balaban J connectivity index is 1.86. The average Bonchev–Trinajstić information content (AvgIpc) is 3.56. The van der Waals surface area contributed by atoms with Crippen LogP contribution in [-0.4, -0.2) is 41.5 Å². The normalized spacial score (nSPS) is 15.5. The van der Waals surface area contributed by atoms with Gasteiger partial charge in [-0.15, -0.1) is 11.3 Å². The van der Waals surface area contributed by atoms with Gasteiger partial charge in [0.1, 0.15) is 23.3 Å². The molecule has 0 radical (unpaired) electrons. The summed E-state index contributed by atoms with van der Waals surface area (Å²) in [5.41, 5.74) is 0.768. The second-order valence-corrected chi connectivity index (χ2v) is 9.11. The number of aliphatic hydroxyl groups excluding tert-OH is 1. The molecule has 10 heteroatoms. The maximum atomic E-state index is 13.4. The number of ketones is 1. The highest BCUT2D eigenvalue weighted by Gasteiger charge is 2.47. The molecule has 8 nitrogen and oxygen atoms in total. The third-order valence-corrected chi connectivity index (χ3v) is 7.15. The minimum absolute atomic E-state index is 0.0276. The molecule has 0 aliphatic carbocycles. The highest BCUT2D eigenvalue weighted by atomic mass is 32.1. The Hall–Kier alpha value is -3.76. The molecule has 0 saturated heterocycles. The number of carbonyl (C=O) groups is 3. The van der Waals surface area contributed by atoms with Crippen LogP contribution in [0, 0.1) is 6.92 Å². The number of aromatic nitrogens is 1. The number of aryl methyl sites for hydroxylation is 1. The van der Waals surface area contributed by atoms with Crippen LogP contribution in [0.1, 0.15) is 36.6 Å². The van der Waals surface area contributed by atoms with Crippen LogP contribution in [0.4, 0.5) is 5.13 Å². The summed E-state index contributed by atoms with van der Waals surface area (Å²) >= 11 is 2.15. The van der Waals surface area contributed by atoms with Crippen molar-refractivity contribution in [3.8, 4) is 5.75 Å². The number of esters is 1. The summed E-state index contributed by atoms with van der Waals surface area (Å²) < 4.78 is 10.6. The van der Waals surface area contributed by atoms with Crippen molar-refractivity contribution >= 4 is 45.5 Å². The van der Waals surface area contributed by atoms with Gasteiger partial charge >= 0.3 is 5.97 Å². The van der Waals surface area contributed by atoms with Crippen molar-refractivity contribution in [1.82, 2.24) is 4.98 Å². The number of benzene rings is 1. The van der Waals surface area contributed by atoms with Crippen molar-refractivity contribution in [2.75, 3.05) is 18.6 Å². The zero-order chi connectivity index (χ0) is 24.4. The van der Waals surface area contributed by atoms with E-state index in [1.54, 1.807) is 48.7 Å². The van der Waals surface area contributed by atoms with E-state index in [0.29, 0.717) is 21.9 Å². The van der Waals surface area contributed by atoms with Crippen molar-refractivity contribution in [3.63, 3.8) is 0 Å². The fourth-order valence-electron chi connectivity index (χ4n) is 3.64. The summed E-state index contributed by atoms with van der Waals surface area (Å²) in [5.74, 6) is -2.12. The molecule has 1 N–H and O–H groups in total. The number of anilines is 1. The zero-order valence-corrected chi connectivity index (χ0v) is 19.9. The second kappa shape index (κ2) is 9.62. The fraction of sp³-hybridized carbons (Fsp3) is 0.167. The summed E-state index contributed by atoms with van der Waals surface area (Å²) in [5, 5.41) is 12.7. The van der Waals surface area contributed by atoms with Gasteiger partial charge in [0.2, 0.25) is 5.78 Å². The summed E-state index contributed by atoms with van der Waals surface area (Å²) in [4.78, 5) is 45.3. The van der Waals surface area contributed by atoms with Crippen LogP contribution in [0.25, 0.3) is 0 Å². The lowest BCUT2D eigenvalue weighted by Crippen LogP contribution is -2.31. The summed E-state index contributed by atoms with van der Waals surface area (Å²) in [7, 11) is 1.48.